The molecule has 0 saturated carbocycles. The molecular weight excluding hydrogens is 479 g/mol. The van der Waals surface area contributed by atoms with Crippen LogP contribution in [0.5, 0.6) is 0 Å². The molecule has 2 rings (SSSR count). The zero-order valence-electron chi connectivity index (χ0n) is 15.7. The molecule has 0 bridgehead atoms. The third kappa shape index (κ3) is 7.62. The minimum absolute atomic E-state index is 0. The fourth-order valence-corrected chi connectivity index (χ4v) is 3.95. The second-order valence-corrected chi connectivity index (χ2v) is 7.91. The number of rotatable bonds is 8. The fourth-order valence-electron chi connectivity index (χ4n) is 2.65. The van der Waals surface area contributed by atoms with Gasteiger partial charge in [-0.3, -0.25) is 4.99 Å². The van der Waals surface area contributed by atoms with E-state index in [4.69, 9.17) is 0 Å². The molecule has 2 N–H and O–H groups in total. The molecule has 0 spiro atoms. The van der Waals surface area contributed by atoms with Crippen molar-refractivity contribution in [3.05, 3.63) is 37.1 Å². The fraction of sp³-hybridized carbons (Fsp3) is 0.529. The molecule has 0 radical (unpaired) electrons. The van der Waals surface area contributed by atoms with E-state index < -0.39 is 10.0 Å². The van der Waals surface area contributed by atoms with Crippen molar-refractivity contribution in [2.75, 3.05) is 56.5 Å². The number of nitrogens with zero attached hydrogens (tertiary/aromatic N) is 4. The maximum atomic E-state index is 12.5. The summed E-state index contributed by atoms with van der Waals surface area (Å²) in [5.41, 5.74) is 0. The van der Waals surface area contributed by atoms with Crippen LogP contribution in [0.2, 0.25) is 0 Å². The average Bonchev–Trinajstić information content (AvgIpc) is 2.67. The van der Waals surface area contributed by atoms with E-state index in [1.165, 1.54) is 0 Å². The van der Waals surface area contributed by atoms with E-state index in [9.17, 15) is 8.42 Å². The number of halogens is 1. The Bertz CT molecular complexity index is 691. The summed E-state index contributed by atoms with van der Waals surface area (Å²) < 4.78 is 26.6. The number of hydrogen-bond acceptors (Lipinski definition) is 5. The topological polar surface area (TPSA) is 89.9 Å². The third-order valence-electron chi connectivity index (χ3n) is 3.98. The number of aliphatic imine (C=N–C) groups is 1. The van der Waals surface area contributed by atoms with Crippen molar-refractivity contribution in [1.29, 1.82) is 0 Å². The maximum Gasteiger partial charge on any atom is 0.216 e. The molecule has 1 aromatic heterocycles. The molecule has 8 nitrogen and oxygen atoms in total. The highest BCUT2D eigenvalue weighted by Gasteiger charge is 2.26. The highest BCUT2D eigenvalue weighted by molar-refractivity contribution is 14.0. The van der Waals surface area contributed by atoms with Crippen molar-refractivity contribution >= 4 is 45.8 Å². The molecule has 2 heterocycles. The molecule has 1 aliphatic rings. The highest BCUT2D eigenvalue weighted by Crippen LogP contribution is 2.14. The van der Waals surface area contributed by atoms with Gasteiger partial charge in [0.05, 0.1) is 12.3 Å². The molecule has 152 valence electrons. The van der Waals surface area contributed by atoms with Crippen molar-refractivity contribution in [3.63, 3.8) is 0 Å². The molecule has 0 amide bonds. The summed E-state index contributed by atoms with van der Waals surface area (Å²) in [7, 11) is -3.32. The van der Waals surface area contributed by atoms with Crippen LogP contribution in [0, 0.1) is 0 Å². The molecule has 1 aliphatic heterocycles. The standard InChI is InChI=1S/C17H28N6O2S.HI/c1-3-8-20-17(18-4-2)21-10-15-26(24,25)23-13-11-22(12-14-23)16-7-5-6-9-19-16;/h3,5-7,9H,1,4,8,10-15H2,2H3,(H2,18,20,21);1H. The number of sulfonamides is 1. The summed E-state index contributed by atoms with van der Waals surface area (Å²) in [6.07, 6.45) is 3.48. The van der Waals surface area contributed by atoms with E-state index in [-0.39, 0.29) is 36.3 Å². The van der Waals surface area contributed by atoms with Crippen molar-refractivity contribution in [1.82, 2.24) is 19.9 Å². The number of guanidine groups is 1. The second-order valence-electron chi connectivity index (χ2n) is 5.82. The summed E-state index contributed by atoms with van der Waals surface area (Å²) >= 11 is 0. The SMILES string of the molecule is C=CCNC(=NCCS(=O)(=O)N1CCN(c2ccccn2)CC1)NCC.I. The van der Waals surface area contributed by atoms with E-state index in [0.29, 0.717) is 45.2 Å². The number of piperazine rings is 1. The van der Waals surface area contributed by atoms with Crippen LogP contribution in [0.25, 0.3) is 0 Å². The van der Waals surface area contributed by atoms with Gasteiger partial charge in [0, 0.05) is 45.5 Å². The van der Waals surface area contributed by atoms with Gasteiger partial charge in [0.1, 0.15) is 5.82 Å². The predicted octanol–water partition coefficient (Wildman–Crippen LogP) is 0.893. The Morgan fingerprint density at radius 3 is 2.63 bits per heavy atom. The lowest BCUT2D eigenvalue weighted by Crippen LogP contribution is -2.49. The van der Waals surface area contributed by atoms with Gasteiger partial charge in [0.25, 0.3) is 0 Å². The lowest BCUT2D eigenvalue weighted by atomic mass is 10.3. The van der Waals surface area contributed by atoms with Gasteiger partial charge in [0.15, 0.2) is 5.96 Å². The average molecular weight is 508 g/mol. The van der Waals surface area contributed by atoms with Crippen molar-refractivity contribution in [2.24, 2.45) is 4.99 Å². The van der Waals surface area contributed by atoms with E-state index in [1.807, 2.05) is 25.1 Å². The predicted molar refractivity (Wildman–Crippen MR) is 121 cm³/mol. The molecule has 0 unspecified atom stereocenters. The van der Waals surface area contributed by atoms with Gasteiger partial charge in [0.2, 0.25) is 10.0 Å². The smallest absolute Gasteiger partial charge is 0.216 e. The number of nitrogens with one attached hydrogen (secondary N) is 2. The first-order valence-corrected chi connectivity index (χ1v) is 10.4. The Labute approximate surface area is 179 Å². The summed E-state index contributed by atoms with van der Waals surface area (Å²) in [5, 5.41) is 6.14. The van der Waals surface area contributed by atoms with E-state index in [2.05, 4.69) is 32.1 Å². The van der Waals surface area contributed by atoms with Crippen molar-refractivity contribution in [3.8, 4) is 0 Å². The molecule has 0 atom stereocenters. The quantitative estimate of drug-likeness (QED) is 0.235. The summed E-state index contributed by atoms with van der Waals surface area (Å²) in [5.74, 6) is 1.49. The zero-order chi connectivity index (χ0) is 18.8. The van der Waals surface area contributed by atoms with Crippen molar-refractivity contribution < 1.29 is 8.42 Å². The van der Waals surface area contributed by atoms with E-state index in [0.717, 1.165) is 5.82 Å². The van der Waals surface area contributed by atoms with Gasteiger partial charge in [-0.15, -0.1) is 30.6 Å². The number of pyridine rings is 1. The molecule has 1 fully saturated rings. The largest absolute Gasteiger partial charge is 0.357 e. The van der Waals surface area contributed by atoms with Gasteiger partial charge in [-0.1, -0.05) is 12.1 Å². The minimum Gasteiger partial charge on any atom is -0.357 e. The Morgan fingerprint density at radius 1 is 1.30 bits per heavy atom. The first-order valence-electron chi connectivity index (χ1n) is 8.83. The summed E-state index contributed by atoms with van der Waals surface area (Å²) in [6, 6.07) is 5.75. The third-order valence-corrected chi connectivity index (χ3v) is 5.83. The first kappa shape index (κ1) is 23.6. The van der Waals surface area contributed by atoms with Crippen LogP contribution in [0.15, 0.2) is 42.0 Å². The highest BCUT2D eigenvalue weighted by atomic mass is 127. The molecular formula is C17H29IN6O2S. The van der Waals surface area contributed by atoms with Crippen LogP contribution < -0.4 is 15.5 Å². The molecule has 0 aromatic carbocycles. The van der Waals surface area contributed by atoms with Crippen molar-refractivity contribution in [2.45, 2.75) is 6.92 Å². The van der Waals surface area contributed by atoms with Crippen LogP contribution >= 0.6 is 24.0 Å². The monoisotopic (exact) mass is 508 g/mol. The summed E-state index contributed by atoms with van der Waals surface area (Å²) in [4.78, 5) is 10.7. The minimum atomic E-state index is -3.32. The number of anilines is 1. The maximum absolute atomic E-state index is 12.5. The Hall–Kier alpha value is -1.40. The van der Waals surface area contributed by atoms with Crippen LogP contribution in [-0.2, 0) is 10.0 Å². The Balaban J connectivity index is 0.00000364. The molecule has 27 heavy (non-hydrogen) atoms. The molecule has 1 saturated heterocycles. The normalized spacial score (nSPS) is 15.7. The van der Waals surface area contributed by atoms with Crippen LogP contribution in [0.1, 0.15) is 6.92 Å². The Kier molecular flexibility index (Phi) is 10.6. The number of aromatic nitrogens is 1. The molecule has 0 aliphatic carbocycles. The van der Waals surface area contributed by atoms with Crippen LogP contribution in [0.3, 0.4) is 0 Å². The van der Waals surface area contributed by atoms with Crippen LogP contribution in [0.4, 0.5) is 5.82 Å². The van der Waals surface area contributed by atoms with E-state index >= 15 is 0 Å². The first-order chi connectivity index (χ1) is 12.6. The second kappa shape index (κ2) is 12.1. The lowest BCUT2D eigenvalue weighted by molar-refractivity contribution is 0.384. The van der Waals surface area contributed by atoms with Gasteiger partial charge in [-0.25, -0.2) is 13.4 Å². The van der Waals surface area contributed by atoms with Gasteiger partial charge in [-0.2, -0.15) is 4.31 Å². The molecule has 10 heteroatoms. The summed E-state index contributed by atoms with van der Waals surface area (Å²) in [6.45, 7) is 9.34. The molecule has 1 aromatic rings. The van der Waals surface area contributed by atoms with E-state index in [1.54, 1.807) is 16.6 Å². The van der Waals surface area contributed by atoms with Crippen LogP contribution in [-0.4, -0.2) is 75.2 Å². The Morgan fingerprint density at radius 2 is 2.04 bits per heavy atom. The lowest BCUT2D eigenvalue weighted by Gasteiger charge is -2.34. The van der Waals surface area contributed by atoms with Gasteiger partial charge < -0.3 is 15.5 Å². The zero-order valence-corrected chi connectivity index (χ0v) is 18.8. The van der Waals surface area contributed by atoms with Gasteiger partial charge in [-0.05, 0) is 19.1 Å². The van der Waals surface area contributed by atoms with Gasteiger partial charge >= 0.3 is 0 Å². The number of hydrogen-bond donors (Lipinski definition) is 2.